The van der Waals surface area contributed by atoms with Gasteiger partial charge < -0.3 is 4.74 Å². The van der Waals surface area contributed by atoms with E-state index in [2.05, 4.69) is 60.8 Å². The van der Waals surface area contributed by atoms with Crippen molar-refractivity contribution in [1.82, 2.24) is 0 Å². The predicted octanol–water partition coefficient (Wildman–Crippen LogP) is 5.75. The molecule has 2 aromatic carbocycles. The largest absolute Gasteiger partial charge is 0.492 e. The van der Waals surface area contributed by atoms with Gasteiger partial charge in [-0.3, -0.25) is 0 Å². The fraction of sp³-hybridized carbons (Fsp3) is 0.222. The van der Waals surface area contributed by atoms with Gasteiger partial charge in [0.2, 0.25) is 0 Å². The fourth-order valence-corrected chi connectivity index (χ4v) is 3.09. The highest BCUT2D eigenvalue weighted by atomic mass is 32.1. The molecule has 0 amide bonds. The van der Waals surface area contributed by atoms with Gasteiger partial charge in [-0.25, -0.2) is 0 Å². The summed E-state index contributed by atoms with van der Waals surface area (Å²) < 4.78 is 6.12. The maximum absolute atomic E-state index is 6.12. The third kappa shape index (κ3) is 2.56. The zero-order valence-electron chi connectivity index (χ0n) is 11.6. The summed E-state index contributed by atoms with van der Waals surface area (Å²) in [6.45, 7) is 2.97. The highest BCUT2D eigenvalue weighted by Gasteiger charge is 2.11. The van der Waals surface area contributed by atoms with Gasteiger partial charge in [0.25, 0.3) is 0 Å². The number of thiophene rings is 1. The predicted molar refractivity (Wildman–Crippen MR) is 87.7 cm³/mol. The van der Waals surface area contributed by atoms with E-state index in [9.17, 15) is 0 Å². The molecule has 0 spiro atoms. The minimum Gasteiger partial charge on any atom is -0.492 e. The molecule has 3 rings (SSSR count). The summed E-state index contributed by atoms with van der Waals surface area (Å²) in [5.74, 6) is 1.03. The Kier molecular flexibility index (Phi) is 4.03. The Morgan fingerprint density at radius 3 is 2.70 bits per heavy atom. The quantitative estimate of drug-likeness (QED) is 0.542. The van der Waals surface area contributed by atoms with Gasteiger partial charge in [0.1, 0.15) is 5.75 Å². The molecule has 2 heteroatoms. The van der Waals surface area contributed by atoms with E-state index in [1.165, 1.54) is 21.2 Å². The number of ether oxygens (including phenoxy) is 1. The fourth-order valence-electron chi connectivity index (χ4n) is 2.34. The molecule has 3 aromatic rings. The Bertz CT molecular complexity index is 686. The van der Waals surface area contributed by atoms with E-state index >= 15 is 0 Å². The van der Waals surface area contributed by atoms with E-state index in [1.807, 2.05) is 0 Å². The second-order valence-corrected chi connectivity index (χ2v) is 5.79. The SMILES string of the molecule is CCCCOc1c(-c2cccs2)ccc2ccccc12. The summed E-state index contributed by atoms with van der Waals surface area (Å²) in [4.78, 5) is 1.27. The van der Waals surface area contributed by atoms with Crippen molar-refractivity contribution in [3.8, 4) is 16.2 Å². The van der Waals surface area contributed by atoms with Crippen molar-refractivity contribution in [2.24, 2.45) is 0 Å². The minimum atomic E-state index is 0.781. The third-order valence-electron chi connectivity index (χ3n) is 3.41. The highest BCUT2D eigenvalue weighted by molar-refractivity contribution is 7.13. The number of fused-ring (bicyclic) bond motifs is 1. The molecule has 1 nitrogen and oxygen atoms in total. The molecule has 0 radical (unpaired) electrons. The Labute approximate surface area is 123 Å². The summed E-state index contributed by atoms with van der Waals surface area (Å²) in [5.41, 5.74) is 1.20. The van der Waals surface area contributed by atoms with E-state index in [0.717, 1.165) is 25.2 Å². The summed E-state index contributed by atoms with van der Waals surface area (Å²) in [7, 11) is 0. The molecule has 0 unspecified atom stereocenters. The second kappa shape index (κ2) is 6.10. The molecule has 102 valence electrons. The van der Waals surface area contributed by atoms with E-state index in [4.69, 9.17) is 4.74 Å². The van der Waals surface area contributed by atoms with Crippen molar-refractivity contribution in [3.63, 3.8) is 0 Å². The van der Waals surface area contributed by atoms with Crippen LogP contribution < -0.4 is 4.74 Å². The number of rotatable bonds is 5. The molecule has 1 heterocycles. The van der Waals surface area contributed by atoms with Gasteiger partial charge in [0.15, 0.2) is 0 Å². The van der Waals surface area contributed by atoms with Crippen molar-refractivity contribution in [2.45, 2.75) is 19.8 Å². The van der Waals surface area contributed by atoms with Crippen LogP contribution in [0, 0.1) is 0 Å². The maximum Gasteiger partial charge on any atom is 0.135 e. The van der Waals surface area contributed by atoms with Gasteiger partial charge in [0.05, 0.1) is 6.61 Å². The third-order valence-corrected chi connectivity index (χ3v) is 4.31. The topological polar surface area (TPSA) is 9.23 Å². The first-order valence-electron chi connectivity index (χ1n) is 7.08. The van der Waals surface area contributed by atoms with Crippen molar-refractivity contribution in [1.29, 1.82) is 0 Å². The number of benzene rings is 2. The monoisotopic (exact) mass is 282 g/mol. The molecule has 0 atom stereocenters. The molecular weight excluding hydrogens is 264 g/mol. The average molecular weight is 282 g/mol. The first-order chi connectivity index (χ1) is 9.90. The van der Waals surface area contributed by atoms with Crippen LogP contribution in [0.2, 0.25) is 0 Å². The lowest BCUT2D eigenvalue weighted by atomic mass is 10.0. The van der Waals surface area contributed by atoms with Gasteiger partial charge in [-0.15, -0.1) is 11.3 Å². The number of hydrogen-bond acceptors (Lipinski definition) is 2. The van der Waals surface area contributed by atoms with Crippen molar-refractivity contribution < 1.29 is 4.74 Å². The van der Waals surface area contributed by atoms with Crippen molar-refractivity contribution >= 4 is 22.1 Å². The molecule has 0 aliphatic heterocycles. The van der Waals surface area contributed by atoms with Gasteiger partial charge in [-0.2, -0.15) is 0 Å². The molecular formula is C18H18OS. The lowest BCUT2D eigenvalue weighted by Crippen LogP contribution is -1.98. The van der Waals surface area contributed by atoms with E-state index in [0.29, 0.717) is 0 Å². The van der Waals surface area contributed by atoms with Crippen LogP contribution in [-0.4, -0.2) is 6.61 Å². The van der Waals surface area contributed by atoms with Crippen LogP contribution in [0.15, 0.2) is 53.9 Å². The molecule has 0 saturated carbocycles. The van der Waals surface area contributed by atoms with Crippen molar-refractivity contribution in [3.05, 3.63) is 53.9 Å². The van der Waals surface area contributed by atoms with E-state index in [-0.39, 0.29) is 0 Å². The smallest absolute Gasteiger partial charge is 0.135 e. The molecule has 0 aliphatic rings. The van der Waals surface area contributed by atoms with Crippen LogP contribution in [0.1, 0.15) is 19.8 Å². The lowest BCUT2D eigenvalue weighted by molar-refractivity contribution is 0.314. The molecule has 0 aliphatic carbocycles. The zero-order chi connectivity index (χ0) is 13.8. The molecule has 0 fully saturated rings. The van der Waals surface area contributed by atoms with Crippen LogP contribution in [0.5, 0.6) is 5.75 Å². The van der Waals surface area contributed by atoms with Gasteiger partial charge in [0, 0.05) is 15.8 Å². The second-order valence-electron chi connectivity index (χ2n) is 4.84. The van der Waals surface area contributed by atoms with Crippen LogP contribution >= 0.6 is 11.3 Å². The Balaban J connectivity index is 2.11. The normalized spacial score (nSPS) is 10.8. The Hall–Kier alpha value is -1.80. The molecule has 0 saturated heterocycles. The highest BCUT2D eigenvalue weighted by Crippen LogP contribution is 2.38. The Morgan fingerprint density at radius 1 is 1.00 bits per heavy atom. The number of unbranched alkanes of at least 4 members (excludes halogenated alkanes) is 1. The van der Waals surface area contributed by atoms with Gasteiger partial charge in [-0.1, -0.05) is 49.7 Å². The summed E-state index contributed by atoms with van der Waals surface area (Å²) in [6, 6.07) is 17.0. The molecule has 1 aromatic heterocycles. The summed E-state index contributed by atoms with van der Waals surface area (Å²) >= 11 is 1.76. The first-order valence-corrected chi connectivity index (χ1v) is 7.96. The molecule has 0 N–H and O–H groups in total. The summed E-state index contributed by atoms with van der Waals surface area (Å²) in [6.07, 6.45) is 2.24. The van der Waals surface area contributed by atoms with Crippen LogP contribution in [0.3, 0.4) is 0 Å². The first kappa shape index (κ1) is 13.2. The van der Waals surface area contributed by atoms with E-state index in [1.54, 1.807) is 11.3 Å². The Morgan fingerprint density at radius 2 is 1.90 bits per heavy atom. The van der Waals surface area contributed by atoms with Crippen LogP contribution in [0.25, 0.3) is 21.2 Å². The van der Waals surface area contributed by atoms with Gasteiger partial charge in [-0.05, 0) is 29.3 Å². The lowest BCUT2D eigenvalue weighted by Gasteiger charge is -2.13. The summed E-state index contributed by atoms with van der Waals surface area (Å²) in [5, 5.41) is 4.55. The molecule has 0 bridgehead atoms. The molecule has 20 heavy (non-hydrogen) atoms. The zero-order valence-corrected chi connectivity index (χ0v) is 12.5. The average Bonchev–Trinajstić information content (AvgIpc) is 3.01. The van der Waals surface area contributed by atoms with Crippen LogP contribution in [0.4, 0.5) is 0 Å². The standard InChI is InChI=1S/C18H18OS/c1-2-3-12-19-18-15-8-5-4-7-14(15)10-11-16(18)17-9-6-13-20-17/h4-11,13H,2-3,12H2,1H3. The number of hydrogen-bond donors (Lipinski definition) is 0. The van der Waals surface area contributed by atoms with Gasteiger partial charge >= 0.3 is 0 Å². The van der Waals surface area contributed by atoms with Crippen LogP contribution in [-0.2, 0) is 0 Å². The maximum atomic E-state index is 6.12. The van der Waals surface area contributed by atoms with Crippen molar-refractivity contribution in [2.75, 3.05) is 6.61 Å². The minimum absolute atomic E-state index is 0.781. The van der Waals surface area contributed by atoms with E-state index < -0.39 is 0 Å².